The highest BCUT2D eigenvalue weighted by Crippen LogP contribution is 2.27. The standard InChI is InChI=1S/C18H16Cl2N2O3/c1-12-2-4-13(5-3-12)6-9-17(23)21-22-18(24)11-25-16-8-7-14(19)10-15(16)20/h2-10H,11H2,1H3,(H,21,23)(H,22,24). The van der Waals surface area contributed by atoms with Gasteiger partial charge in [0.2, 0.25) is 0 Å². The average Bonchev–Trinajstić information content (AvgIpc) is 2.58. The third-order valence-electron chi connectivity index (χ3n) is 3.08. The van der Waals surface area contributed by atoms with Gasteiger partial charge in [-0.15, -0.1) is 0 Å². The third-order valence-corrected chi connectivity index (χ3v) is 3.61. The summed E-state index contributed by atoms with van der Waals surface area (Å²) in [6, 6.07) is 12.3. The molecule has 2 aromatic rings. The van der Waals surface area contributed by atoms with E-state index < -0.39 is 11.8 Å². The lowest BCUT2D eigenvalue weighted by atomic mass is 10.1. The van der Waals surface area contributed by atoms with E-state index in [4.69, 9.17) is 27.9 Å². The second-order valence-electron chi connectivity index (χ2n) is 5.14. The van der Waals surface area contributed by atoms with Gasteiger partial charge in [-0.2, -0.15) is 0 Å². The number of benzene rings is 2. The van der Waals surface area contributed by atoms with Gasteiger partial charge in [-0.1, -0.05) is 53.0 Å². The van der Waals surface area contributed by atoms with Crippen LogP contribution in [0.2, 0.25) is 10.0 Å². The van der Waals surface area contributed by atoms with Crippen LogP contribution in [0.15, 0.2) is 48.5 Å². The first-order valence-electron chi connectivity index (χ1n) is 7.35. The molecule has 2 N–H and O–H groups in total. The van der Waals surface area contributed by atoms with E-state index in [9.17, 15) is 9.59 Å². The van der Waals surface area contributed by atoms with E-state index in [1.807, 2.05) is 31.2 Å². The molecule has 0 saturated heterocycles. The molecule has 0 aliphatic heterocycles. The van der Waals surface area contributed by atoms with Crippen molar-refractivity contribution in [3.8, 4) is 5.75 Å². The number of aryl methyl sites for hydroxylation is 1. The van der Waals surface area contributed by atoms with E-state index in [0.717, 1.165) is 11.1 Å². The fourth-order valence-corrected chi connectivity index (χ4v) is 2.26. The molecular formula is C18H16Cl2N2O3. The van der Waals surface area contributed by atoms with Crippen molar-refractivity contribution < 1.29 is 14.3 Å². The van der Waals surface area contributed by atoms with Crippen LogP contribution in [0.5, 0.6) is 5.75 Å². The number of hydrogen-bond acceptors (Lipinski definition) is 3. The van der Waals surface area contributed by atoms with E-state index in [1.165, 1.54) is 12.1 Å². The first-order valence-corrected chi connectivity index (χ1v) is 8.11. The second-order valence-corrected chi connectivity index (χ2v) is 5.99. The number of hydrazine groups is 1. The predicted molar refractivity (Wildman–Crippen MR) is 98.5 cm³/mol. The Kier molecular flexibility index (Phi) is 6.86. The highest BCUT2D eigenvalue weighted by Gasteiger charge is 2.07. The maximum Gasteiger partial charge on any atom is 0.276 e. The van der Waals surface area contributed by atoms with Gasteiger partial charge in [-0.05, 0) is 36.8 Å². The summed E-state index contributed by atoms with van der Waals surface area (Å²) in [5, 5.41) is 0.764. The average molecular weight is 379 g/mol. The number of amides is 2. The summed E-state index contributed by atoms with van der Waals surface area (Å²) in [6.45, 7) is 1.68. The molecule has 0 unspecified atom stereocenters. The van der Waals surface area contributed by atoms with Gasteiger partial charge in [0.1, 0.15) is 5.75 Å². The van der Waals surface area contributed by atoms with Gasteiger partial charge in [-0.25, -0.2) is 0 Å². The normalized spacial score (nSPS) is 10.5. The molecule has 0 aliphatic rings. The minimum absolute atomic E-state index is 0.297. The molecule has 7 heteroatoms. The molecule has 0 bridgehead atoms. The lowest BCUT2D eigenvalue weighted by molar-refractivity contribution is -0.128. The number of halogens is 2. The fraction of sp³-hybridized carbons (Fsp3) is 0.111. The van der Waals surface area contributed by atoms with Gasteiger partial charge in [0.05, 0.1) is 5.02 Å². The van der Waals surface area contributed by atoms with Crippen LogP contribution in [-0.4, -0.2) is 18.4 Å². The summed E-state index contributed by atoms with van der Waals surface area (Å²) in [5.74, 6) is -0.659. The number of ether oxygens (including phenoxy) is 1. The molecule has 0 spiro atoms. The topological polar surface area (TPSA) is 67.4 Å². The molecule has 2 aromatic carbocycles. The van der Waals surface area contributed by atoms with Crippen molar-refractivity contribution in [2.24, 2.45) is 0 Å². The molecule has 5 nitrogen and oxygen atoms in total. The van der Waals surface area contributed by atoms with Gasteiger partial charge in [-0.3, -0.25) is 20.4 Å². The van der Waals surface area contributed by atoms with Crippen LogP contribution in [0.25, 0.3) is 6.08 Å². The first-order chi connectivity index (χ1) is 11.9. The molecule has 25 heavy (non-hydrogen) atoms. The van der Waals surface area contributed by atoms with E-state index in [2.05, 4.69) is 10.9 Å². The number of carbonyl (C=O) groups is 2. The molecule has 0 heterocycles. The van der Waals surface area contributed by atoms with Gasteiger partial charge >= 0.3 is 0 Å². The van der Waals surface area contributed by atoms with E-state index >= 15 is 0 Å². The quantitative estimate of drug-likeness (QED) is 0.617. The van der Waals surface area contributed by atoms with Crippen molar-refractivity contribution in [3.05, 3.63) is 69.7 Å². The van der Waals surface area contributed by atoms with Crippen LogP contribution in [0.4, 0.5) is 0 Å². The molecule has 0 radical (unpaired) electrons. The lowest BCUT2D eigenvalue weighted by Crippen LogP contribution is -2.43. The first kappa shape index (κ1) is 18.8. The molecule has 2 amide bonds. The maximum absolute atomic E-state index is 11.7. The van der Waals surface area contributed by atoms with E-state index in [-0.39, 0.29) is 6.61 Å². The van der Waals surface area contributed by atoms with Crippen LogP contribution >= 0.6 is 23.2 Å². The largest absolute Gasteiger partial charge is 0.482 e. The van der Waals surface area contributed by atoms with Crippen molar-refractivity contribution in [2.45, 2.75) is 6.92 Å². The predicted octanol–water partition coefficient (Wildman–Crippen LogP) is 3.54. The number of carbonyl (C=O) groups excluding carboxylic acids is 2. The Morgan fingerprint density at radius 3 is 2.48 bits per heavy atom. The van der Waals surface area contributed by atoms with Crippen molar-refractivity contribution in [3.63, 3.8) is 0 Å². The summed E-state index contributed by atoms with van der Waals surface area (Å²) in [7, 11) is 0. The monoisotopic (exact) mass is 378 g/mol. The Morgan fingerprint density at radius 2 is 1.80 bits per heavy atom. The summed E-state index contributed by atoms with van der Waals surface area (Å²) in [6.07, 6.45) is 2.97. The molecule has 0 fully saturated rings. The van der Waals surface area contributed by atoms with Crippen molar-refractivity contribution in [1.29, 1.82) is 0 Å². The van der Waals surface area contributed by atoms with Crippen LogP contribution < -0.4 is 15.6 Å². The van der Waals surface area contributed by atoms with Crippen molar-refractivity contribution >= 4 is 41.1 Å². The van der Waals surface area contributed by atoms with Crippen LogP contribution in [0.3, 0.4) is 0 Å². The summed E-state index contributed by atoms with van der Waals surface area (Å²) < 4.78 is 5.25. The van der Waals surface area contributed by atoms with Crippen LogP contribution in [0, 0.1) is 6.92 Å². The maximum atomic E-state index is 11.7. The Hall–Kier alpha value is -2.50. The Labute approximate surface area is 155 Å². The van der Waals surface area contributed by atoms with Gasteiger partial charge < -0.3 is 4.74 Å². The van der Waals surface area contributed by atoms with E-state index in [1.54, 1.807) is 18.2 Å². The third kappa shape index (κ3) is 6.49. The zero-order valence-corrected chi connectivity index (χ0v) is 14.9. The SMILES string of the molecule is Cc1ccc(C=CC(=O)NNC(=O)COc2ccc(Cl)cc2Cl)cc1. The molecule has 2 rings (SSSR count). The van der Waals surface area contributed by atoms with Crippen molar-refractivity contribution in [2.75, 3.05) is 6.61 Å². The van der Waals surface area contributed by atoms with Crippen LogP contribution in [-0.2, 0) is 9.59 Å². The Bertz CT molecular complexity index is 789. The molecule has 0 aromatic heterocycles. The number of hydrogen-bond donors (Lipinski definition) is 2. The smallest absolute Gasteiger partial charge is 0.276 e. The zero-order chi connectivity index (χ0) is 18.2. The Balaban J connectivity index is 1.75. The molecule has 0 aliphatic carbocycles. The summed E-state index contributed by atoms with van der Waals surface area (Å²) >= 11 is 11.7. The van der Waals surface area contributed by atoms with Crippen LogP contribution in [0.1, 0.15) is 11.1 Å². The molecule has 0 saturated carbocycles. The summed E-state index contributed by atoms with van der Waals surface area (Å²) in [4.78, 5) is 23.3. The summed E-state index contributed by atoms with van der Waals surface area (Å²) in [5.41, 5.74) is 6.53. The minimum Gasteiger partial charge on any atom is -0.482 e. The van der Waals surface area contributed by atoms with Crippen molar-refractivity contribution in [1.82, 2.24) is 10.9 Å². The zero-order valence-electron chi connectivity index (χ0n) is 13.4. The van der Waals surface area contributed by atoms with Gasteiger partial charge in [0.25, 0.3) is 11.8 Å². The molecule has 0 atom stereocenters. The van der Waals surface area contributed by atoms with Gasteiger partial charge in [0, 0.05) is 11.1 Å². The molecule has 130 valence electrons. The highest BCUT2D eigenvalue weighted by atomic mass is 35.5. The number of rotatable bonds is 5. The lowest BCUT2D eigenvalue weighted by Gasteiger charge is -2.09. The minimum atomic E-state index is -0.525. The van der Waals surface area contributed by atoms with E-state index in [0.29, 0.717) is 15.8 Å². The molecular weight excluding hydrogens is 363 g/mol. The second kappa shape index (κ2) is 9.11. The van der Waals surface area contributed by atoms with Gasteiger partial charge in [0.15, 0.2) is 6.61 Å². The number of nitrogens with one attached hydrogen (secondary N) is 2. The fourth-order valence-electron chi connectivity index (χ4n) is 1.79. The highest BCUT2D eigenvalue weighted by molar-refractivity contribution is 6.35. The Morgan fingerprint density at radius 1 is 1.08 bits per heavy atom.